The van der Waals surface area contributed by atoms with Crippen molar-refractivity contribution in [3.05, 3.63) is 29.8 Å². The summed E-state index contributed by atoms with van der Waals surface area (Å²) in [5, 5.41) is 0. The van der Waals surface area contributed by atoms with Crippen molar-refractivity contribution in [2.45, 2.75) is 32.6 Å². The highest BCUT2D eigenvalue weighted by molar-refractivity contribution is 7.99. The lowest BCUT2D eigenvalue weighted by atomic mass is 10.0. The van der Waals surface area contributed by atoms with Crippen LogP contribution in [-0.2, 0) is 0 Å². The first-order valence-corrected chi connectivity index (χ1v) is 9.44. The predicted molar refractivity (Wildman–Crippen MR) is 97.2 cm³/mol. The highest BCUT2D eigenvalue weighted by Gasteiger charge is 2.09. The molecule has 0 aliphatic heterocycles. The van der Waals surface area contributed by atoms with Crippen molar-refractivity contribution in [1.29, 1.82) is 0 Å². The van der Waals surface area contributed by atoms with Gasteiger partial charge in [-0.2, -0.15) is 11.8 Å². The number of hydrogen-bond donors (Lipinski definition) is 2. The van der Waals surface area contributed by atoms with E-state index in [1.54, 1.807) is 11.9 Å². The van der Waals surface area contributed by atoms with Gasteiger partial charge in [0.15, 0.2) is 5.78 Å². The van der Waals surface area contributed by atoms with Gasteiger partial charge in [0.05, 0.1) is 0 Å². The molecule has 0 aromatic heterocycles. The highest BCUT2D eigenvalue weighted by Crippen LogP contribution is 2.17. The Labute approximate surface area is 138 Å². The summed E-state index contributed by atoms with van der Waals surface area (Å²) in [6.07, 6.45) is 0. The van der Waals surface area contributed by atoms with Gasteiger partial charge in [0.25, 0.3) is 0 Å². The number of Topliss-reactive ketones (excluding diaryl/α,β-unsaturated/α-hetero) is 1. The largest absolute Gasteiger partial charge is 0.330 e. The van der Waals surface area contributed by atoms with Crippen molar-refractivity contribution >= 4 is 29.5 Å². The molecule has 0 amide bonds. The summed E-state index contributed by atoms with van der Waals surface area (Å²) in [5.41, 5.74) is 6.21. The van der Waals surface area contributed by atoms with E-state index in [0.29, 0.717) is 0 Å². The minimum absolute atomic E-state index is 0.0520. The molecule has 0 fully saturated rings. The standard InChI is InChI=1S/C14H22N2OS2.C2H6/c1-11(2)14(17)12-3-5-13(6-4-12)19-16-8-10-18-9-7-15;1-2/h3-6,11,16H,7-10,15H2,1-2H3;1-2H3. The minimum Gasteiger partial charge on any atom is -0.330 e. The van der Waals surface area contributed by atoms with Crippen molar-refractivity contribution in [1.82, 2.24) is 4.72 Å². The van der Waals surface area contributed by atoms with Crippen LogP contribution in [0.15, 0.2) is 29.2 Å². The van der Waals surface area contributed by atoms with E-state index in [0.717, 1.165) is 35.1 Å². The summed E-state index contributed by atoms with van der Waals surface area (Å²) >= 11 is 3.45. The second-order valence-electron chi connectivity index (χ2n) is 4.44. The molecule has 0 aliphatic rings. The first kappa shape index (κ1) is 20.5. The molecular weight excluding hydrogens is 300 g/mol. The molecule has 0 spiro atoms. The average Bonchev–Trinajstić information content (AvgIpc) is 2.52. The van der Waals surface area contributed by atoms with E-state index in [4.69, 9.17) is 5.73 Å². The second-order valence-corrected chi connectivity index (χ2v) is 6.63. The van der Waals surface area contributed by atoms with E-state index in [2.05, 4.69) is 4.72 Å². The maximum Gasteiger partial charge on any atom is 0.165 e. The fourth-order valence-electron chi connectivity index (χ4n) is 1.45. The predicted octanol–water partition coefficient (Wildman–Crippen LogP) is 3.84. The number of hydrogen-bond acceptors (Lipinski definition) is 5. The molecule has 0 saturated carbocycles. The van der Waals surface area contributed by atoms with Gasteiger partial charge in [-0.1, -0.05) is 39.8 Å². The van der Waals surface area contributed by atoms with Gasteiger partial charge < -0.3 is 5.73 Å². The Morgan fingerprint density at radius 1 is 1.19 bits per heavy atom. The summed E-state index contributed by atoms with van der Waals surface area (Å²) < 4.78 is 3.30. The van der Waals surface area contributed by atoms with E-state index >= 15 is 0 Å². The van der Waals surface area contributed by atoms with E-state index < -0.39 is 0 Å². The first-order valence-electron chi connectivity index (χ1n) is 7.47. The first-order chi connectivity index (χ1) is 10.1. The second kappa shape index (κ2) is 13.2. The van der Waals surface area contributed by atoms with Crippen LogP contribution < -0.4 is 10.5 Å². The summed E-state index contributed by atoms with van der Waals surface area (Å²) in [6.45, 7) is 9.53. The van der Waals surface area contributed by atoms with Crippen LogP contribution in [-0.4, -0.2) is 30.4 Å². The Hall–Kier alpha value is -0.490. The molecule has 21 heavy (non-hydrogen) atoms. The number of nitrogens with one attached hydrogen (secondary N) is 1. The zero-order valence-corrected chi connectivity index (χ0v) is 15.2. The Morgan fingerprint density at radius 3 is 2.33 bits per heavy atom. The van der Waals surface area contributed by atoms with Crippen LogP contribution in [0.25, 0.3) is 0 Å². The third-order valence-corrected chi connectivity index (χ3v) is 4.34. The molecular formula is C16H28N2OS2. The monoisotopic (exact) mass is 328 g/mol. The molecule has 3 N–H and O–H groups in total. The van der Waals surface area contributed by atoms with Crippen LogP contribution in [0.4, 0.5) is 0 Å². The molecule has 0 radical (unpaired) electrons. The molecule has 3 nitrogen and oxygen atoms in total. The highest BCUT2D eigenvalue weighted by atomic mass is 32.2. The molecule has 0 bridgehead atoms. The van der Waals surface area contributed by atoms with E-state index in [1.807, 2.05) is 63.7 Å². The van der Waals surface area contributed by atoms with Crippen molar-refractivity contribution in [3.8, 4) is 0 Å². The molecule has 0 unspecified atom stereocenters. The van der Waals surface area contributed by atoms with Crippen LogP contribution in [0.1, 0.15) is 38.1 Å². The van der Waals surface area contributed by atoms with Crippen LogP contribution >= 0.6 is 23.7 Å². The van der Waals surface area contributed by atoms with Gasteiger partial charge >= 0.3 is 0 Å². The zero-order chi connectivity index (χ0) is 16.1. The topological polar surface area (TPSA) is 55.1 Å². The fourth-order valence-corrected chi connectivity index (χ4v) is 2.84. The molecule has 1 aromatic carbocycles. The van der Waals surface area contributed by atoms with Crippen LogP contribution in [0.3, 0.4) is 0 Å². The van der Waals surface area contributed by atoms with Crippen LogP contribution in [0.2, 0.25) is 0 Å². The van der Waals surface area contributed by atoms with Gasteiger partial charge in [0.1, 0.15) is 0 Å². The Morgan fingerprint density at radius 2 is 1.81 bits per heavy atom. The molecule has 5 heteroatoms. The van der Waals surface area contributed by atoms with Gasteiger partial charge in [-0.05, 0) is 24.1 Å². The lowest BCUT2D eigenvalue weighted by Gasteiger charge is -2.06. The molecule has 120 valence electrons. The normalized spacial score (nSPS) is 10.2. The lowest BCUT2D eigenvalue weighted by molar-refractivity contribution is 0.0939. The average molecular weight is 329 g/mol. The zero-order valence-electron chi connectivity index (χ0n) is 13.5. The SMILES string of the molecule is CC.CC(C)C(=O)c1ccc(SNCCSCCN)cc1. The van der Waals surface area contributed by atoms with Crippen molar-refractivity contribution < 1.29 is 4.79 Å². The summed E-state index contributed by atoms with van der Waals surface area (Å²) in [7, 11) is 0. The molecule has 0 heterocycles. The number of thioether (sulfide) groups is 1. The molecule has 1 aromatic rings. The minimum atomic E-state index is 0.0520. The summed E-state index contributed by atoms with van der Waals surface area (Å²) in [5.74, 6) is 2.32. The Kier molecular flexibility index (Phi) is 12.9. The van der Waals surface area contributed by atoms with Gasteiger partial charge in [-0.15, -0.1) is 0 Å². The van der Waals surface area contributed by atoms with Gasteiger partial charge in [-0.3, -0.25) is 9.52 Å². The molecule has 0 aliphatic carbocycles. The summed E-state index contributed by atoms with van der Waals surface area (Å²) in [6, 6.07) is 7.77. The van der Waals surface area contributed by atoms with Crippen molar-refractivity contribution in [2.75, 3.05) is 24.6 Å². The smallest absolute Gasteiger partial charge is 0.165 e. The quantitative estimate of drug-likeness (QED) is 0.410. The van der Waals surface area contributed by atoms with E-state index in [9.17, 15) is 4.79 Å². The van der Waals surface area contributed by atoms with Gasteiger partial charge in [-0.25, -0.2) is 0 Å². The number of rotatable bonds is 9. The fraction of sp³-hybridized carbons (Fsp3) is 0.562. The van der Waals surface area contributed by atoms with Crippen LogP contribution in [0.5, 0.6) is 0 Å². The molecule has 0 atom stereocenters. The summed E-state index contributed by atoms with van der Waals surface area (Å²) in [4.78, 5) is 12.9. The molecule has 1 rings (SSSR count). The van der Waals surface area contributed by atoms with Gasteiger partial charge in [0, 0.05) is 41.0 Å². The number of ketones is 1. The van der Waals surface area contributed by atoms with Crippen LogP contribution in [0, 0.1) is 5.92 Å². The number of carbonyl (C=O) groups is 1. The van der Waals surface area contributed by atoms with Crippen molar-refractivity contribution in [2.24, 2.45) is 11.7 Å². The molecule has 0 saturated heterocycles. The lowest BCUT2D eigenvalue weighted by Crippen LogP contribution is -2.10. The maximum absolute atomic E-state index is 11.8. The van der Waals surface area contributed by atoms with Gasteiger partial charge in [0.2, 0.25) is 0 Å². The number of benzene rings is 1. The maximum atomic E-state index is 11.8. The Balaban J connectivity index is 0.00000191. The Bertz CT molecular complexity index is 380. The van der Waals surface area contributed by atoms with E-state index in [1.165, 1.54) is 0 Å². The third-order valence-electron chi connectivity index (χ3n) is 2.46. The number of carbonyl (C=O) groups excluding carboxylic acids is 1. The van der Waals surface area contributed by atoms with E-state index in [-0.39, 0.29) is 11.7 Å². The third kappa shape index (κ3) is 9.19. The number of nitrogens with two attached hydrogens (primary N) is 1. The van der Waals surface area contributed by atoms with Crippen molar-refractivity contribution in [3.63, 3.8) is 0 Å².